The van der Waals surface area contributed by atoms with E-state index in [0.29, 0.717) is 22.8 Å². The van der Waals surface area contributed by atoms with Gasteiger partial charge in [0.2, 0.25) is 21.8 Å². The lowest BCUT2D eigenvalue weighted by molar-refractivity contribution is -0.140. The molecule has 214 valence electrons. The molecular formula is C31H38ClN3O4S. The molecule has 0 aromatic heterocycles. The van der Waals surface area contributed by atoms with E-state index < -0.39 is 28.5 Å². The van der Waals surface area contributed by atoms with Gasteiger partial charge in [-0.3, -0.25) is 13.9 Å². The fourth-order valence-electron chi connectivity index (χ4n) is 4.37. The summed E-state index contributed by atoms with van der Waals surface area (Å²) in [6, 6.07) is 22.8. The number of hydrogen-bond acceptors (Lipinski definition) is 4. The van der Waals surface area contributed by atoms with Crippen molar-refractivity contribution in [1.29, 1.82) is 0 Å². The Bertz CT molecular complexity index is 1380. The van der Waals surface area contributed by atoms with Crippen molar-refractivity contribution in [3.05, 3.63) is 101 Å². The molecule has 0 unspecified atom stereocenters. The van der Waals surface area contributed by atoms with Crippen LogP contribution in [0.1, 0.15) is 49.8 Å². The van der Waals surface area contributed by atoms with Gasteiger partial charge in [0.1, 0.15) is 12.6 Å². The minimum atomic E-state index is -3.82. The van der Waals surface area contributed by atoms with Crippen molar-refractivity contribution in [3.8, 4) is 0 Å². The van der Waals surface area contributed by atoms with Crippen LogP contribution in [0, 0.1) is 0 Å². The Morgan fingerprint density at radius 3 is 2.12 bits per heavy atom. The molecule has 0 aliphatic carbocycles. The summed E-state index contributed by atoms with van der Waals surface area (Å²) in [5.74, 6) is -0.544. The van der Waals surface area contributed by atoms with Crippen LogP contribution in [0.2, 0.25) is 5.02 Å². The maximum Gasteiger partial charge on any atom is 0.244 e. The van der Waals surface area contributed by atoms with E-state index in [0.717, 1.165) is 28.1 Å². The van der Waals surface area contributed by atoms with Gasteiger partial charge in [0.05, 0.1) is 11.9 Å². The molecule has 0 heterocycles. The average molecular weight is 584 g/mol. The summed E-state index contributed by atoms with van der Waals surface area (Å²) in [5.41, 5.74) is 2.97. The van der Waals surface area contributed by atoms with Gasteiger partial charge in [0, 0.05) is 24.5 Å². The van der Waals surface area contributed by atoms with Gasteiger partial charge in [-0.25, -0.2) is 8.42 Å². The van der Waals surface area contributed by atoms with Crippen LogP contribution in [0.25, 0.3) is 0 Å². The van der Waals surface area contributed by atoms with Gasteiger partial charge in [-0.1, -0.05) is 93.0 Å². The maximum atomic E-state index is 14.1. The number of rotatable bonds is 13. The maximum absolute atomic E-state index is 14.1. The number of carbonyl (C=O) groups is 2. The standard InChI is InChI=1S/C31H38ClN3O4S/c1-5-19-33-31(37)29(20-24-11-7-6-8-12-24)34(21-26-13-9-10-14-28(26)32)30(36)22-35(40(4,38)39)27-17-15-25(16-18-27)23(2)3/h6-18,23,29H,5,19-22H2,1-4H3,(H,33,37)/t29-/m0/s1. The van der Waals surface area contributed by atoms with Crippen molar-refractivity contribution in [2.24, 2.45) is 0 Å². The summed E-state index contributed by atoms with van der Waals surface area (Å²) in [5, 5.41) is 3.38. The lowest BCUT2D eigenvalue weighted by Crippen LogP contribution is -2.53. The van der Waals surface area contributed by atoms with Crippen LogP contribution in [0.5, 0.6) is 0 Å². The molecule has 2 amide bonds. The third-order valence-electron chi connectivity index (χ3n) is 6.65. The Hall–Kier alpha value is -3.36. The van der Waals surface area contributed by atoms with Gasteiger partial charge >= 0.3 is 0 Å². The van der Waals surface area contributed by atoms with Crippen molar-refractivity contribution in [2.75, 3.05) is 23.7 Å². The quantitative estimate of drug-likeness (QED) is 0.292. The van der Waals surface area contributed by atoms with Crippen molar-refractivity contribution >= 4 is 39.1 Å². The predicted molar refractivity (Wildman–Crippen MR) is 162 cm³/mol. The molecule has 1 N–H and O–H groups in total. The Balaban J connectivity index is 2.04. The first-order valence-corrected chi connectivity index (χ1v) is 15.7. The molecule has 7 nitrogen and oxygen atoms in total. The minimum absolute atomic E-state index is 0.0411. The second-order valence-electron chi connectivity index (χ2n) is 10.1. The molecule has 3 rings (SSSR count). The van der Waals surface area contributed by atoms with Crippen LogP contribution in [0.15, 0.2) is 78.9 Å². The van der Waals surface area contributed by atoms with E-state index in [2.05, 4.69) is 19.2 Å². The van der Waals surface area contributed by atoms with Crippen LogP contribution >= 0.6 is 11.6 Å². The van der Waals surface area contributed by atoms with Crippen LogP contribution in [-0.4, -0.2) is 50.5 Å². The second kappa shape index (κ2) is 14.3. The fraction of sp³-hybridized carbons (Fsp3) is 0.355. The Labute approximate surface area is 243 Å². The van der Waals surface area contributed by atoms with Crippen molar-refractivity contribution in [3.63, 3.8) is 0 Å². The zero-order chi connectivity index (χ0) is 29.3. The first-order valence-electron chi connectivity index (χ1n) is 13.4. The minimum Gasteiger partial charge on any atom is -0.354 e. The van der Waals surface area contributed by atoms with Gasteiger partial charge in [0.25, 0.3) is 0 Å². The molecule has 0 aliphatic heterocycles. The highest BCUT2D eigenvalue weighted by Crippen LogP contribution is 2.24. The van der Waals surface area contributed by atoms with Crippen LogP contribution in [0.4, 0.5) is 5.69 Å². The molecule has 3 aromatic rings. The third kappa shape index (κ3) is 8.57. The largest absolute Gasteiger partial charge is 0.354 e. The monoisotopic (exact) mass is 583 g/mol. The van der Waals surface area contributed by atoms with Gasteiger partial charge < -0.3 is 10.2 Å². The van der Waals surface area contributed by atoms with E-state index in [1.165, 1.54) is 4.90 Å². The zero-order valence-electron chi connectivity index (χ0n) is 23.5. The van der Waals surface area contributed by atoms with Crippen molar-refractivity contribution < 1.29 is 18.0 Å². The summed E-state index contributed by atoms with van der Waals surface area (Å²) in [4.78, 5) is 29.0. The molecule has 0 fully saturated rings. The lowest BCUT2D eigenvalue weighted by Gasteiger charge is -2.33. The number of sulfonamides is 1. The SMILES string of the molecule is CCCNC(=O)[C@H](Cc1ccccc1)N(Cc1ccccc1Cl)C(=O)CN(c1ccc(C(C)C)cc1)S(C)(=O)=O. The molecule has 1 atom stereocenters. The lowest BCUT2D eigenvalue weighted by atomic mass is 10.0. The number of halogens is 1. The number of carbonyl (C=O) groups excluding carboxylic acids is 2. The van der Waals surface area contributed by atoms with Crippen LogP contribution < -0.4 is 9.62 Å². The second-order valence-corrected chi connectivity index (χ2v) is 12.4. The summed E-state index contributed by atoms with van der Waals surface area (Å²) in [6.45, 7) is 6.09. The molecule has 0 aliphatic rings. The number of nitrogens with one attached hydrogen (secondary N) is 1. The van der Waals surface area contributed by atoms with Gasteiger partial charge in [-0.15, -0.1) is 0 Å². The summed E-state index contributed by atoms with van der Waals surface area (Å²) in [6.07, 6.45) is 2.06. The molecular weight excluding hydrogens is 546 g/mol. The van der Waals surface area contributed by atoms with Gasteiger partial charge in [-0.05, 0) is 47.2 Å². The van der Waals surface area contributed by atoms with Crippen LogP contribution in [-0.2, 0) is 32.6 Å². The first kappa shape index (κ1) is 31.2. The first-order chi connectivity index (χ1) is 19.0. The number of amides is 2. The Kier molecular flexibility index (Phi) is 11.2. The Morgan fingerprint density at radius 2 is 1.55 bits per heavy atom. The van der Waals surface area contributed by atoms with Gasteiger partial charge in [-0.2, -0.15) is 0 Å². The van der Waals surface area contributed by atoms with E-state index in [9.17, 15) is 18.0 Å². The van der Waals surface area contributed by atoms with E-state index in [-0.39, 0.29) is 24.8 Å². The number of anilines is 1. The van der Waals surface area contributed by atoms with Crippen molar-refractivity contribution in [2.45, 2.75) is 52.1 Å². The molecule has 0 saturated heterocycles. The molecule has 9 heteroatoms. The highest BCUT2D eigenvalue weighted by Gasteiger charge is 2.33. The average Bonchev–Trinajstić information content (AvgIpc) is 2.93. The summed E-state index contributed by atoms with van der Waals surface area (Å²) < 4.78 is 26.9. The Morgan fingerprint density at radius 1 is 0.925 bits per heavy atom. The molecule has 0 saturated carbocycles. The van der Waals surface area contributed by atoms with Crippen molar-refractivity contribution in [1.82, 2.24) is 10.2 Å². The number of hydrogen-bond donors (Lipinski definition) is 1. The molecule has 40 heavy (non-hydrogen) atoms. The molecule has 0 radical (unpaired) electrons. The third-order valence-corrected chi connectivity index (χ3v) is 8.16. The van der Waals surface area contributed by atoms with Gasteiger partial charge in [0.15, 0.2) is 0 Å². The molecule has 3 aromatic carbocycles. The van der Waals surface area contributed by atoms with E-state index in [1.54, 1.807) is 30.3 Å². The molecule has 0 spiro atoms. The van der Waals surface area contributed by atoms with E-state index >= 15 is 0 Å². The fourth-order valence-corrected chi connectivity index (χ4v) is 5.41. The van der Waals surface area contributed by atoms with E-state index in [1.807, 2.05) is 55.5 Å². The smallest absolute Gasteiger partial charge is 0.244 e. The summed E-state index contributed by atoms with van der Waals surface area (Å²) in [7, 11) is -3.82. The molecule has 0 bridgehead atoms. The topological polar surface area (TPSA) is 86.8 Å². The highest BCUT2D eigenvalue weighted by atomic mass is 35.5. The highest BCUT2D eigenvalue weighted by molar-refractivity contribution is 7.92. The van der Waals surface area contributed by atoms with E-state index in [4.69, 9.17) is 11.6 Å². The number of benzene rings is 3. The normalized spacial score (nSPS) is 12.2. The predicted octanol–water partition coefficient (Wildman–Crippen LogP) is 5.40. The summed E-state index contributed by atoms with van der Waals surface area (Å²) >= 11 is 6.47. The number of nitrogens with zero attached hydrogens (tertiary/aromatic N) is 2. The van der Waals surface area contributed by atoms with Crippen LogP contribution in [0.3, 0.4) is 0 Å². The zero-order valence-corrected chi connectivity index (χ0v) is 25.1.